The van der Waals surface area contributed by atoms with Crippen LogP contribution in [-0.2, 0) is 6.54 Å². The van der Waals surface area contributed by atoms with E-state index in [-0.39, 0.29) is 0 Å². The van der Waals surface area contributed by atoms with Crippen molar-refractivity contribution >= 4 is 6.08 Å². The third-order valence-corrected chi connectivity index (χ3v) is 3.42. The van der Waals surface area contributed by atoms with E-state index >= 15 is 0 Å². The SMILES string of the molecule is CN(C/C=C/c1ccc2c(c1)OCO2)Cc1ccccc1. The minimum absolute atomic E-state index is 0.322. The molecule has 1 aliphatic rings. The number of nitrogens with zero attached hydrogens (tertiary/aromatic N) is 1. The first-order valence-electron chi connectivity index (χ1n) is 7.10. The second-order valence-corrected chi connectivity index (χ2v) is 5.20. The summed E-state index contributed by atoms with van der Waals surface area (Å²) in [4.78, 5) is 2.28. The van der Waals surface area contributed by atoms with Gasteiger partial charge in [-0.2, -0.15) is 0 Å². The zero-order valence-corrected chi connectivity index (χ0v) is 12.2. The lowest BCUT2D eigenvalue weighted by molar-refractivity contribution is 0.174. The smallest absolute Gasteiger partial charge is 0.231 e. The number of ether oxygens (including phenoxy) is 2. The average Bonchev–Trinajstić information content (AvgIpc) is 2.96. The zero-order valence-electron chi connectivity index (χ0n) is 12.2. The molecular weight excluding hydrogens is 262 g/mol. The lowest BCUT2D eigenvalue weighted by Crippen LogP contribution is -2.17. The lowest BCUT2D eigenvalue weighted by atomic mass is 10.2. The van der Waals surface area contributed by atoms with Gasteiger partial charge in [0, 0.05) is 13.1 Å². The molecule has 108 valence electrons. The van der Waals surface area contributed by atoms with Crippen LogP contribution >= 0.6 is 0 Å². The summed E-state index contributed by atoms with van der Waals surface area (Å²) in [5.41, 5.74) is 2.46. The molecule has 2 aromatic carbocycles. The molecule has 0 radical (unpaired) electrons. The van der Waals surface area contributed by atoms with Crippen LogP contribution in [0.4, 0.5) is 0 Å². The number of likely N-dealkylation sites (N-methyl/N-ethyl adjacent to an activating group) is 1. The van der Waals surface area contributed by atoms with Gasteiger partial charge in [0.15, 0.2) is 11.5 Å². The maximum absolute atomic E-state index is 5.38. The maximum atomic E-state index is 5.38. The van der Waals surface area contributed by atoms with Gasteiger partial charge in [-0.05, 0) is 30.3 Å². The highest BCUT2D eigenvalue weighted by Crippen LogP contribution is 2.32. The van der Waals surface area contributed by atoms with Crippen molar-refractivity contribution < 1.29 is 9.47 Å². The summed E-state index contributed by atoms with van der Waals surface area (Å²) in [7, 11) is 2.12. The van der Waals surface area contributed by atoms with Gasteiger partial charge >= 0.3 is 0 Å². The van der Waals surface area contributed by atoms with Gasteiger partial charge in [-0.25, -0.2) is 0 Å². The molecule has 21 heavy (non-hydrogen) atoms. The highest BCUT2D eigenvalue weighted by Gasteiger charge is 2.12. The van der Waals surface area contributed by atoms with Crippen LogP contribution in [0, 0.1) is 0 Å². The Bertz CT molecular complexity index is 622. The Labute approximate surface area is 125 Å². The molecule has 3 heteroatoms. The Morgan fingerprint density at radius 1 is 1.05 bits per heavy atom. The standard InChI is InChI=1S/C18H19NO2/c1-19(13-16-6-3-2-4-7-16)11-5-8-15-9-10-17-18(12-15)21-14-20-17/h2-10,12H,11,13-14H2,1H3/b8-5+. The Balaban J connectivity index is 1.54. The van der Waals surface area contributed by atoms with Gasteiger partial charge < -0.3 is 9.47 Å². The number of fused-ring (bicyclic) bond motifs is 1. The monoisotopic (exact) mass is 281 g/mol. The van der Waals surface area contributed by atoms with E-state index in [1.807, 2.05) is 24.3 Å². The first kappa shape index (κ1) is 13.7. The third kappa shape index (κ3) is 3.64. The fraction of sp³-hybridized carbons (Fsp3) is 0.222. The van der Waals surface area contributed by atoms with Crippen molar-refractivity contribution in [2.75, 3.05) is 20.4 Å². The maximum Gasteiger partial charge on any atom is 0.231 e. The van der Waals surface area contributed by atoms with Crippen LogP contribution in [0.3, 0.4) is 0 Å². The topological polar surface area (TPSA) is 21.7 Å². The summed E-state index contributed by atoms with van der Waals surface area (Å²) in [6.45, 7) is 2.18. The summed E-state index contributed by atoms with van der Waals surface area (Å²) in [5.74, 6) is 1.66. The summed E-state index contributed by atoms with van der Waals surface area (Å²) < 4.78 is 10.7. The summed E-state index contributed by atoms with van der Waals surface area (Å²) >= 11 is 0. The van der Waals surface area contributed by atoms with Gasteiger partial charge in [0.25, 0.3) is 0 Å². The molecule has 3 rings (SSSR count). The Hall–Kier alpha value is -2.26. The molecule has 0 unspecified atom stereocenters. The predicted molar refractivity (Wildman–Crippen MR) is 84.4 cm³/mol. The van der Waals surface area contributed by atoms with Crippen molar-refractivity contribution in [2.24, 2.45) is 0 Å². The molecule has 0 spiro atoms. The normalized spacial score (nSPS) is 13.2. The van der Waals surface area contributed by atoms with E-state index < -0.39 is 0 Å². The summed E-state index contributed by atoms with van der Waals surface area (Å²) in [6.07, 6.45) is 4.28. The van der Waals surface area contributed by atoms with E-state index in [1.165, 1.54) is 5.56 Å². The molecule has 2 aromatic rings. The van der Waals surface area contributed by atoms with Gasteiger partial charge in [0.1, 0.15) is 0 Å². The number of hydrogen-bond acceptors (Lipinski definition) is 3. The van der Waals surface area contributed by atoms with Crippen LogP contribution in [0.2, 0.25) is 0 Å². The zero-order chi connectivity index (χ0) is 14.5. The molecule has 0 saturated heterocycles. The first-order valence-corrected chi connectivity index (χ1v) is 7.10. The minimum Gasteiger partial charge on any atom is -0.454 e. The summed E-state index contributed by atoms with van der Waals surface area (Å²) in [6, 6.07) is 16.5. The highest BCUT2D eigenvalue weighted by molar-refractivity contribution is 5.56. The second-order valence-electron chi connectivity index (χ2n) is 5.20. The number of benzene rings is 2. The Kier molecular flexibility index (Phi) is 4.22. The van der Waals surface area contributed by atoms with E-state index in [4.69, 9.17) is 9.47 Å². The van der Waals surface area contributed by atoms with Gasteiger partial charge in [0.05, 0.1) is 0 Å². The molecule has 1 aliphatic heterocycles. The predicted octanol–water partition coefficient (Wildman–Crippen LogP) is 3.56. The van der Waals surface area contributed by atoms with Crippen molar-refractivity contribution in [3.8, 4) is 11.5 Å². The fourth-order valence-corrected chi connectivity index (χ4v) is 2.35. The third-order valence-electron chi connectivity index (χ3n) is 3.42. The summed E-state index contributed by atoms with van der Waals surface area (Å²) in [5, 5.41) is 0. The van der Waals surface area contributed by atoms with E-state index in [2.05, 4.69) is 48.4 Å². The van der Waals surface area contributed by atoms with Gasteiger partial charge in [-0.3, -0.25) is 4.90 Å². The molecule has 0 aromatic heterocycles. The molecule has 0 bridgehead atoms. The van der Waals surface area contributed by atoms with Crippen LogP contribution < -0.4 is 9.47 Å². The number of hydrogen-bond donors (Lipinski definition) is 0. The molecule has 3 nitrogen and oxygen atoms in total. The van der Waals surface area contributed by atoms with Crippen LogP contribution in [0.15, 0.2) is 54.6 Å². The average molecular weight is 281 g/mol. The van der Waals surface area contributed by atoms with Crippen LogP contribution in [0.5, 0.6) is 11.5 Å². The van der Waals surface area contributed by atoms with E-state index in [0.717, 1.165) is 30.2 Å². The minimum atomic E-state index is 0.322. The second kappa shape index (κ2) is 6.46. The van der Waals surface area contributed by atoms with E-state index in [0.29, 0.717) is 6.79 Å². The molecule has 0 atom stereocenters. The lowest BCUT2D eigenvalue weighted by Gasteiger charge is -2.14. The van der Waals surface area contributed by atoms with E-state index in [1.54, 1.807) is 0 Å². The van der Waals surface area contributed by atoms with Crippen LogP contribution in [0.1, 0.15) is 11.1 Å². The molecule has 0 amide bonds. The van der Waals surface area contributed by atoms with Crippen molar-refractivity contribution in [1.82, 2.24) is 4.90 Å². The van der Waals surface area contributed by atoms with Crippen molar-refractivity contribution in [3.63, 3.8) is 0 Å². The molecule has 0 saturated carbocycles. The largest absolute Gasteiger partial charge is 0.454 e. The molecular formula is C18H19NO2. The molecule has 0 N–H and O–H groups in total. The first-order chi connectivity index (χ1) is 10.3. The van der Waals surface area contributed by atoms with Crippen LogP contribution in [-0.4, -0.2) is 25.3 Å². The van der Waals surface area contributed by atoms with Gasteiger partial charge in [-0.1, -0.05) is 48.6 Å². The molecule has 0 aliphatic carbocycles. The highest BCUT2D eigenvalue weighted by atomic mass is 16.7. The molecule has 0 fully saturated rings. The van der Waals surface area contributed by atoms with Crippen LogP contribution in [0.25, 0.3) is 6.08 Å². The van der Waals surface area contributed by atoms with Crippen molar-refractivity contribution in [2.45, 2.75) is 6.54 Å². The van der Waals surface area contributed by atoms with Gasteiger partial charge in [-0.15, -0.1) is 0 Å². The van der Waals surface area contributed by atoms with Gasteiger partial charge in [0.2, 0.25) is 6.79 Å². The fourth-order valence-electron chi connectivity index (χ4n) is 2.35. The number of rotatable bonds is 5. The molecule has 1 heterocycles. The Morgan fingerprint density at radius 3 is 2.71 bits per heavy atom. The quantitative estimate of drug-likeness (QED) is 0.836. The van der Waals surface area contributed by atoms with Crippen molar-refractivity contribution in [3.05, 3.63) is 65.7 Å². The van der Waals surface area contributed by atoms with E-state index in [9.17, 15) is 0 Å². The Morgan fingerprint density at radius 2 is 1.86 bits per heavy atom. The van der Waals surface area contributed by atoms with Crippen molar-refractivity contribution in [1.29, 1.82) is 0 Å².